The molecular weight excluding hydrogens is 248 g/mol. The standard InChI is InChI=1S/C12H16N4O3/c1-18-10-5-3-9(4-6-10)11(12(17)19-2)14-7-8-15-16-13/h3-6,11,14H,7-8H2,1-2H3. The van der Waals surface area contributed by atoms with Gasteiger partial charge in [-0.05, 0) is 23.2 Å². The van der Waals surface area contributed by atoms with Gasteiger partial charge in [0.05, 0.1) is 14.2 Å². The van der Waals surface area contributed by atoms with Gasteiger partial charge in [0.1, 0.15) is 11.8 Å². The molecule has 0 spiro atoms. The molecule has 0 aliphatic rings. The van der Waals surface area contributed by atoms with Crippen molar-refractivity contribution < 1.29 is 14.3 Å². The Morgan fingerprint density at radius 1 is 1.42 bits per heavy atom. The van der Waals surface area contributed by atoms with Crippen molar-refractivity contribution in [1.82, 2.24) is 5.32 Å². The molecule has 1 rings (SSSR count). The number of carbonyl (C=O) groups is 1. The van der Waals surface area contributed by atoms with Gasteiger partial charge in [-0.1, -0.05) is 17.2 Å². The molecule has 0 saturated carbocycles. The second-order valence-corrected chi connectivity index (χ2v) is 3.64. The summed E-state index contributed by atoms with van der Waals surface area (Å²) in [7, 11) is 2.90. The Morgan fingerprint density at radius 2 is 2.11 bits per heavy atom. The number of esters is 1. The van der Waals surface area contributed by atoms with E-state index in [4.69, 9.17) is 15.0 Å². The smallest absolute Gasteiger partial charge is 0.327 e. The van der Waals surface area contributed by atoms with E-state index in [0.29, 0.717) is 12.3 Å². The number of azide groups is 1. The highest BCUT2D eigenvalue weighted by Gasteiger charge is 2.20. The summed E-state index contributed by atoms with van der Waals surface area (Å²) in [6, 6.07) is 6.49. The number of carbonyl (C=O) groups excluding carboxylic acids is 1. The topological polar surface area (TPSA) is 96.3 Å². The first-order valence-electron chi connectivity index (χ1n) is 5.69. The summed E-state index contributed by atoms with van der Waals surface area (Å²) in [6.07, 6.45) is 0. The molecule has 7 nitrogen and oxygen atoms in total. The van der Waals surface area contributed by atoms with Crippen LogP contribution in [0.15, 0.2) is 29.4 Å². The van der Waals surface area contributed by atoms with Crippen molar-refractivity contribution in [3.8, 4) is 5.75 Å². The van der Waals surface area contributed by atoms with E-state index in [-0.39, 0.29) is 6.54 Å². The van der Waals surface area contributed by atoms with Gasteiger partial charge in [-0.2, -0.15) is 0 Å². The van der Waals surface area contributed by atoms with Crippen LogP contribution in [0, 0.1) is 0 Å². The minimum atomic E-state index is -0.593. The van der Waals surface area contributed by atoms with Gasteiger partial charge in [0.2, 0.25) is 0 Å². The Hall–Kier alpha value is -2.24. The molecule has 0 aliphatic carbocycles. The fraction of sp³-hybridized carbons (Fsp3) is 0.417. The van der Waals surface area contributed by atoms with Crippen LogP contribution in [0.3, 0.4) is 0 Å². The normalized spacial score (nSPS) is 11.3. The van der Waals surface area contributed by atoms with Crippen LogP contribution in [0.4, 0.5) is 0 Å². The summed E-state index contributed by atoms with van der Waals surface area (Å²) >= 11 is 0. The van der Waals surface area contributed by atoms with Gasteiger partial charge in [-0.15, -0.1) is 0 Å². The average Bonchev–Trinajstić information content (AvgIpc) is 2.47. The molecule has 102 valence electrons. The maximum absolute atomic E-state index is 11.7. The highest BCUT2D eigenvalue weighted by Crippen LogP contribution is 2.18. The fourth-order valence-corrected chi connectivity index (χ4v) is 1.56. The number of hydrogen-bond acceptors (Lipinski definition) is 5. The summed E-state index contributed by atoms with van der Waals surface area (Å²) in [5.41, 5.74) is 8.94. The van der Waals surface area contributed by atoms with E-state index < -0.39 is 12.0 Å². The second kappa shape index (κ2) is 7.97. The molecule has 0 aromatic heterocycles. The fourth-order valence-electron chi connectivity index (χ4n) is 1.56. The molecule has 1 N–H and O–H groups in total. The number of rotatable bonds is 7. The lowest BCUT2D eigenvalue weighted by molar-refractivity contribution is -0.143. The third kappa shape index (κ3) is 4.50. The van der Waals surface area contributed by atoms with Crippen molar-refractivity contribution in [1.29, 1.82) is 0 Å². The Balaban J connectivity index is 2.76. The Bertz CT molecular complexity index is 455. The van der Waals surface area contributed by atoms with Gasteiger partial charge in [-0.3, -0.25) is 0 Å². The van der Waals surface area contributed by atoms with Crippen molar-refractivity contribution in [2.24, 2.45) is 5.11 Å². The van der Waals surface area contributed by atoms with Gasteiger partial charge in [0.25, 0.3) is 0 Å². The minimum Gasteiger partial charge on any atom is -0.497 e. The van der Waals surface area contributed by atoms with E-state index in [1.165, 1.54) is 7.11 Å². The molecule has 1 atom stereocenters. The van der Waals surface area contributed by atoms with Gasteiger partial charge < -0.3 is 14.8 Å². The van der Waals surface area contributed by atoms with E-state index in [1.54, 1.807) is 31.4 Å². The lowest BCUT2D eigenvalue weighted by atomic mass is 10.1. The highest BCUT2D eigenvalue weighted by molar-refractivity contribution is 5.77. The van der Waals surface area contributed by atoms with Crippen LogP contribution >= 0.6 is 0 Å². The Kier molecular flexibility index (Phi) is 6.21. The largest absolute Gasteiger partial charge is 0.497 e. The van der Waals surface area contributed by atoms with E-state index in [1.807, 2.05) is 0 Å². The maximum atomic E-state index is 11.7. The molecule has 1 aromatic rings. The molecule has 0 radical (unpaired) electrons. The molecule has 19 heavy (non-hydrogen) atoms. The van der Waals surface area contributed by atoms with Crippen LogP contribution < -0.4 is 10.1 Å². The third-order valence-corrected chi connectivity index (χ3v) is 2.51. The maximum Gasteiger partial charge on any atom is 0.327 e. The van der Waals surface area contributed by atoms with Gasteiger partial charge >= 0.3 is 5.97 Å². The van der Waals surface area contributed by atoms with Crippen LogP contribution in [-0.4, -0.2) is 33.3 Å². The molecule has 1 unspecified atom stereocenters. The van der Waals surface area contributed by atoms with Crippen molar-refractivity contribution in [2.45, 2.75) is 6.04 Å². The second-order valence-electron chi connectivity index (χ2n) is 3.64. The monoisotopic (exact) mass is 264 g/mol. The van der Waals surface area contributed by atoms with Crippen LogP contribution in [0.1, 0.15) is 11.6 Å². The summed E-state index contributed by atoms with van der Waals surface area (Å²) in [5.74, 6) is 0.313. The average molecular weight is 264 g/mol. The Labute approximate surface area is 111 Å². The van der Waals surface area contributed by atoms with E-state index in [9.17, 15) is 4.79 Å². The van der Waals surface area contributed by atoms with E-state index >= 15 is 0 Å². The number of nitrogens with one attached hydrogen (secondary N) is 1. The first-order valence-corrected chi connectivity index (χ1v) is 5.69. The molecule has 0 heterocycles. The van der Waals surface area contributed by atoms with Crippen molar-refractivity contribution in [3.63, 3.8) is 0 Å². The number of methoxy groups -OCH3 is 2. The molecule has 0 fully saturated rings. The summed E-state index contributed by atoms with van der Waals surface area (Å²) in [6.45, 7) is 0.649. The van der Waals surface area contributed by atoms with Crippen LogP contribution in [-0.2, 0) is 9.53 Å². The molecule has 7 heteroatoms. The van der Waals surface area contributed by atoms with Gasteiger partial charge in [-0.25, -0.2) is 4.79 Å². The first kappa shape index (κ1) is 14.8. The molecular formula is C12H16N4O3. The zero-order valence-corrected chi connectivity index (χ0v) is 10.9. The highest BCUT2D eigenvalue weighted by atomic mass is 16.5. The quantitative estimate of drug-likeness (QED) is 0.267. The van der Waals surface area contributed by atoms with E-state index in [2.05, 4.69) is 15.3 Å². The van der Waals surface area contributed by atoms with Crippen LogP contribution in [0.5, 0.6) is 5.75 Å². The molecule has 0 bridgehead atoms. The first-order chi connectivity index (χ1) is 9.22. The SMILES string of the molecule is COC(=O)C(NCCN=[N+]=[N-])c1ccc(OC)cc1. The zero-order valence-electron chi connectivity index (χ0n) is 10.9. The Morgan fingerprint density at radius 3 is 2.63 bits per heavy atom. The van der Waals surface area contributed by atoms with Crippen molar-refractivity contribution >= 4 is 5.97 Å². The molecule has 0 amide bonds. The van der Waals surface area contributed by atoms with Crippen molar-refractivity contribution in [3.05, 3.63) is 40.3 Å². The van der Waals surface area contributed by atoms with Gasteiger partial charge in [0.15, 0.2) is 0 Å². The number of nitrogens with zero attached hydrogens (tertiary/aromatic N) is 3. The molecule has 1 aromatic carbocycles. The predicted molar refractivity (Wildman–Crippen MR) is 69.8 cm³/mol. The summed E-state index contributed by atoms with van der Waals surface area (Å²) < 4.78 is 9.80. The van der Waals surface area contributed by atoms with Gasteiger partial charge in [0, 0.05) is 18.0 Å². The van der Waals surface area contributed by atoms with E-state index in [0.717, 1.165) is 5.56 Å². The van der Waals surface area contributed by atoms with Crippen LogP contribution in [0.2, 0.25) is 0 Å². The summed E-state index contributed by atoms with van der Waals surface area (Å²) in [5, 5.41) is 6.37. The van der Waals surface area contributed by atoms with Crippen LogP contribution in [0.25, 0.3) is 10.4 Å². The number of benzene rings is 1. The predicted octanol–water partition coefficient (Wildman–Crippen LogP) is 1.81. The lowest BCUT2D eigenvalue weighted by Crippen LogP contribution is -2.31. The molecule has 0 aliphatic heterocycles. The van der Waals surface area contributed by atoms with Crippen molar-refractivity contribution in [2.75, 3.05) is 27.3 Å². The summed E-state index contributed by atoms with van der Waals surface area (Å²) in [4.78, 5) is 14.4. The number of ether oxygens (including phenoxy) is 2. The molecule has 0 saturated heterocycles. The lowest BCUT2D eigenvalue weighted by Gasteiger charge is -2.16. The minimum absolute atomic E-state index is 0.264. The zero-order chi connectivity index (χ0) is 14.1. The number of hydrogen-bond donors (Lipinski definition) is 1. The third-order valence-electron chi connectivity index (χ3n) is 2.51.